The average Bonchev–Trinajstić information content (AvgIpc) is 2.50. The summed E-state index contributed by atoms with van der Waals surface area (Å²) < 4.78 is 16.3. The van der Waals surface area contributed by atoms with Crippen LogP contribution in [0.15, 0.2) is 18.2 Å². The van der Waals surface area contributed by atoms with Crippen LogP contribution in [0.25, 0.3) is 0 Å². The van der Waals surface area contributed by atoms with Crippen molar-refractivity contribution >= 4 is 5.69 Å². The number of methoxy groups -OCH3 is 2. The van der Waals surface area contributed by atoms with Crippen molar-refractivity contribution in [3.8, 4) is 11.5 Å². The van der Waals surface area contributed by atoms with Crippen LogP contribution in [-0.2, 0) is 4.74 Å². The van der Waals surface area contributed by atoms with Gasteiger partial charge in [-0.2, -0.15) is 0 Å². The fraction of sp³-hybridized carbons (Fsp3) is 0.625. The maximum atomic E-state index is 5.53. The molecular formula is C16H25NO3. The second-order valence-electron chi connectivity index (χ2n) is 5.15. The van der Waals surface area contributed by atoms with Crippen LogP contribution >= 0.6 is 0 Å². The minimum Gasteiger partial charge on any atom is -0.493 e. The zero-order chi connectivity index (χ0) is 14.4. The molecule has 1 N–H and O–H groups in total. The van der Waals surface area contributed by atoms with Crippen molar-refractivity contribution in [2.24, 2.45) is 0 Å². The summed E-state index contributed by atoms with van der Waals surface area (Å²) in [5.74, 6) is 1.58. The molecule has 0 amide bonds. The summed E-state index contributed by atoms with van der Waals surface area (Å²) in [6.07, 6.45) is 4.98. The molecule has 1 saturated carbocycles. The Kier molecular flexibility index (Phi) is 5.53. The van der Waals surface area contributed by atoms with E-state index in [0.717, 1.165) is 42.9 Å². The molecule has 0 radical (unpaired) electrons. The van der Waals surface area contributed by atoms with E-state index in [1.165, 1.54) is 0 Å². The Morgan fingerprint density at radius 3 is 2.45 bits per heavy atom. The fourth-order valence-corrected chi connectivity index (χ4v) is 2.71. The number of benzene rings is 1. The first-order chi connectivity index (χ1) is 9.76. The number of ether oxygens (including phenoxy) is 3. The summed E-state index contributed by atoms with van der Waals surface area (Å²) in [6, 6.07) is 6.54. The SMILES string of the molecule is CCOc1ccc(NC2CCC(OC)CC2)cc1OC. The number of rotatable bonds is 6. The van der Waals surface area contributed by atoms with Gasteiger partial charge in [-0.15, -0.1) is 0 Å². The van der Waals surface area contributed by atoms with Gasteiger partial charge < -0.3 is 19.5 Å². The van der Waals surface area contributed by atoms with Crippen molar-refractivity contribution in [2.45, 2.75) is 44.8 Å². The molecule has 0 heterocycles. The Morgan fingerprint density at radius 1 is 1.10 bits per heavy atom. The summed E-state index contributed by atoms with van der Waals surface area (Å²) in [5, 5.41) is 3.58. The second kappa shape index (κ2) is 7.39. The number of nitrogens with one attached hydrogen (secondary N) is 1. The van der Waals surface area contributed by atoms with Crippen molar-refractivity contribution in [2.75, 3.05) is 26.1 Å². The van der Waals surface area contributed by atoms with Gasteiger partial charge in [0.2, 0.25) is 0 Å². The minimum absolute atomic E-state index is 0.433. The third-order valence-corrected chi connectivity index (χ3v) is 3.84. The van der Waals surface area contributed by atoms with Gasteiger partial charge in [0.05, 0.1) is 19.8 Å². The van der Waals surface area contributed by atoms with Gasteiger partial charge in [-0.25, -0.2) is 0 Å². The lowest BCUT2D eigenvalue weighted by Gasteiger charge is -2.29. The van der Waals surface area contributed by atoms with Crippen LogP contribution in [-0.4, -0.2) is 33.0 Å². The molecule has 1 aromatic rings. The molecule has 1 aliphatic rings. The van der Waals surface area contributed by atoms with Gasteiger partial charge in [0.25, 0.3) is 0 Å². The van der Waals surface area contributed by atoms with Gasteiger partial charge in [0.1, 0.15) is 0 Å². The summed E-state index contributed by atoms with van der Waals surface area (Å²) in [6.45, 7) is 2.62. The van der Waals surface area contributed by atoms with Crippen LogP contribution in [0.1, 0.15) is 32.6 Å². The van der Waals surface area contributed by atoms with Crippen molar-refractivity contribution in [1.82, 2.24) is 0 Å². The maximum Gasteiger partial charge on any atom is 0.162 e. The maximum absolute atomic E-state index is 5.53. The number of anilines is 1. The molecule has 20 heavy (non-hydrogen) atoms. The Bertz CT molecular complexity index is 414. The lowest BCUT2D eigenvalue weighted by molar-refractivity contribution is 0.0682. The van der Waals surface area contributed by atoms with Gasteiger partial charge in [0.15, 0.2) is 11.5 Å². The molecule has 2 rings (SSSR count). The Labute approximate surface area is 121 Å². The predicted molar refractivity (Wildman–Crippen MR) is 80.8 cm³/mol. The monoisotopic (exact) mass is 279 g/mol. The molecule has 0 bridgehead atoms. The van der Waals surface area contributed by atoms with Crippen LogP contribution in [0, 0.1) is 0 Å². The molecule has 0 aromatic heterocycles. The molecule has 1 aromatic carbocycles. The van der Waals surface area contributed by atoms with Gasteiger partial charge in [-0.3, -0.25) is 0 Å². The summed E-state index contributed by atoms with van der Waals surface area (Å²) in [4.78, 5) is 0. The minimum atomic E-state index is 0.433. The molecule has 0 unspecified atom stereocenters. The average molecular weight is 279 g/mol. The summed E-state index contributed by atoms with van der Waals surface area (Å²) in [7, 11) is 3.47. The summed E-state index contributed by atoms with van der Waals surface area (Å²) >= 11 is 0. The third-order valence-electron chi connectivity index (χ3n) is 3.84. The smallest absolute Gasteiger partial charge is 0.162 e. The zero-order valence-corrected chi connectivity index (χ0v) is 12.6. The van der Waals surface area contributed by atoms with E-state index in [4.69, 9.17) is 14.2 Å². The normalized spacial score (nSPS) is 22.4. The van der Waals surface area contributed by atoms with Crippen LogP contribution in [0.3, 0.4) is 0 Å². The van der Waals surface area contributed by atoms with E-state index in [9.17, 15) is 0 Å². The highest BCUT2D eigenvalue weighted by molar-refractivity contribution is 5.55. The van der Waals surface area contributed by atoms with Crippen LogP contribution in [0.4, 0.5) is 5.69 Å². The largest absolute Gasteiger partial charge is 0.493 e. The zero-order valence-electron chi connectivity index (χ0n) is 12.6. The highest BCUT2D eigenvalue weighted by Gasteiger charge is 2.20. The number of hydrogen-bond acceptors (Lipinski definition) is 4. The Balaban J connectivity index is 1.96. The van der Waals surface area contributed by atoms with Gasteiger partial charge in [-0.1, -0.05) is 0 Å². The van der Waals surface area contributed by atoms with Crippen LogP contribution in [0.2, 0.25) is 0 Å². The van der Waals surface area contributed by atoms with Gasteiger partial charge >= 0.3 is 0 Å². The van der Waals surface area contributed by atoms with Crippen LogP contribution < -0.4 is 14.8 Å². The van der Waals surface area contributed by atoms with E-state index >= 15 is 0 Å². The molecule has 112 valence electrons. The first kappa shape index (κ1) is 15.0. The van der Waals surface area contributed by atoms with E-state index in [1.54, 1.807) is 14.2 Å². The van der Waals surface area contributed by atoms with E-state index in [2.05, 4.69) is 11.4 Å². The third kappa shape index (κ3) is 3.79. The van der Waals surface area contributed by atoms with E-state index in [-0.39, 0.29) is 0 Å². The highest BCUT2D eigenvalue weighted by Crippen LogP contribution is 2.31. The quantitative estimate of drug-likeness (QED) is 0.865. The van der Waals surface area contributed by atoms with Crippen molar-refractivity contribution in [3.63, 3.8) is 0 Å². The second-order valence-corrected chi connectivity index (χ2v) is 5.15. The molecule has 1 aliphatic carbocycles. The molecule has 0 atom stereocenters. The number of hydrogen-bond donors (Lipinski definition) is 1. The van der Waals surface area contributed by atoms with E-state index in [1.807, 2.05) is 19.1 Å². The van der Waals surface area contributed by atoms with Crippen molar-refractivity contribution < 1.29 is 14.2 Å². The summed E-state index contributed by atoms with van der Waals surface area (Å²) in [5.41, 5.74) is 1.09. The topological polar surface area (TPSA) is 39.7 Å². The Hall–Kier alpha value is -1.42. The standard InChI is InChI=1S/C16H25NO3/c1-4-20-15-10-7-13(11-16(15)19-3)17-12-5-8-14(18-2)9-6-12/h7,10-12,14,17H,4-6,8-9H2,1-3H3. The molecule has 1 fully saturated rings. The molecule has 0 spiro atoms. The van der Waals surface area contributed by atoms with Crippen molar-refractivity contribution in [1.29, 1.82) is 0 Å². The lowest BCUT2D eigenvalue weighted by Crippen LogP contribution is -2.29. The van der Waals surface area contributed by atoms with Crippen LogP contribution in [0.5, 0.6) is 11.5 Å². The van der Waals surface area contributed by atoms with Gasteiger partial charge in [-0.05, 0) is 44.7 Å². The first-order valence-corrected chi connectivity index (χ1v) is 7.37. The van der Waals surface area contributed by atoms with E-state index in [0.29, 0.717) is 18.8 Å². The van der Waals surface area contributed by atoms with E-state index < -0.39 is 0 Å². The predicted octanol–water partition coefficient (Wildman–Crippen LogP) is 3.46. The van der Waals surface area contributed by atoms with Gasteiger partial charge in [0, 0.05) is 24.9 Å². The van der Waals surface area contributed by atoms with Crippen molar-refractivity contribution in [3.05, 3.63) is 18.2 Å². The molecular weight excluding hydrogens is 254 g/mol. The molecule has 4 heteroatoms. The Morgan fingerprint density at radius 2 is 1.85 bits per heavy atom. The fourth-order valence-electron chi connectivity index (χ4n) is 2.71. The molecule has 0 saturated heterocycles. The highest BCUT2D eigenvalue weighted by atomic mass is 16.5. The lowest BCUT2D eigenvalue weighted by atomic mass is 9.93. The molecule has 4 nitrogen and oxygen atoms in total. The molecule has 0 aliphatic heterocycles. The first-order valence-electron chi connectivity index (χ1n) is 7.37.